The van der Waals surface area contributed by atoms with E-state index in [9.17, 15) is 0 Å². The van der Waals surface area contributed by atoms with Crippen LogP contribution in [0.15, 0.2) is 4.99 Å². The number of amidine groups is 1. The Morgan fingerprint density at radius 1 is 1.58 bits per heavy atom. The lowest BCUT2D eigenvalue weighted by molar-refractivity contribution is 0.490. The topological polar surface area (TPSA) is 24.4 Å². The summed E-state index contributed by atoms with van der Waals surface area (Å²) in [7, 11) is 0. The first-order valence-electron chi connectivity index (χ1n) is 4.84. The third-order valence-corrected chi connectivity index (χ3v) is 3.82. The fourth-order valence-corrected chi connectivity index (χ4v) is 3.27. The number of hydrogen-bond acceptors (Lipinski definition) is 2. The summed E-state index contributed by atoms with van der Waals surface area (Å²) in [5, 5.41) is 4.71. The molecule has 12 heavy (non-hydrogen) atoms. The van der Waals surface area contributed by atoms with Crippen LogP contribution in [-0.2, 0) is 0 Å². The van der Waals surface area contributed by atoms with Crippen molar-refractivity contribution in [2.45, 2.75) is 32.2 Å². The first-order valence-corrected chi connectivity index (χ1v) is 5.82. The first-order chi connectivity index (χ1) is 5.90. The van der Waals surface area contributed by atoms with Gasteiger partial charge in [-0.1, -0.05) is 18.2 Å². The zero-order valence-electron chi connectivity index (χ0n) is 7.55. The number of nitrogens with one attached hydrogen (secondary N) is 1. The first kappa shape index (κ1) is 8.42. The summed E-state index contributed by atoms with van der Waals surface area (Å²) in [4.78, 5) is 4.41. The van der Waals surface area contributed by atoms with Crippen LogP contribution in [0.2, 0.25) is 0 Å². The molecule has 0 spiro atoms. The number of rotatable bonds is 1. The molecule has 1 N–H and O–H groups in total. The van der Waals surface area contributed by atoms with E-state index in [2.05, 4.69) is 17.2 Å². The van der Waals surface area contributed by atoms with Gasteiger partial charge in [0.2, 0.25) is 0 Å². The lowest BCUT2D eigenvalue weighted by Gasteiger charge is -2.27. The number of nitrogens with zero attached hydrogens (tertiary/aromatic N) is 1. The molecule has 2 atom stereocenters. The smallest absolute Gasteiger partial charge is 0.156 e. The van der Waals surface area contributed by atoms with Crippen molar-refractivity contribution in [3.8, 4) is 0 Å². The predicted octanol–water partition coefficient (Wildman–Crippen LogP) is 1.87. The van der Waals surface area contributed by atoms with Gasteiger partial charge in [0.1, 0.15) is 0 Å². The standard InChI is InChI=1S/C9H16N2S/c1-2-10-9-11-8-5-3-4-7(8)6-12-9/h7-8H,2-6H2,1H3,(H,10,11). The summed E-state index contributed by atoms with van der Waals surface area (Å²) in [5.74, 6) is 2.21. The maximum Gasteiger partial charge on any atom is 0.156 e. The molecule has 0 aromatic heterocycles. The molecular formula is C9H16N2S. The molecule has 2 nitrogen and oxygen atoms in total. The van der Waals surface area contributed by atoms with Crippen LogP contribution in [0.3, 0.4) is 0 Å². The van der Waals surface area contributed by atoms with Crippen molar-refractivity contribution in [1.29, 1.82) is 0 Å². The van der Waals surface area contributed by atoms with E-state index >= 15 is 0 Å². The van der Waals surface area contributed by atoms with Gasteiger partial charge in [-0.05, 0) is 25.7 Å². The molecule has 2 aliphatic rings. The quantitative estimate of drug-likeness (QED) is 0.673. The van der Waals surface area contributed by atoms with Gasteiger partial charge in [0.05, 0.1) is 0 Å². The van der Waals surface area contributed by atoms with Crippen molar-refractivity contribution in [2.75, 3.05) is 12.3 Å². The summed E-state index contributed by atoms with van der Waals surface area (Å²) in [6.45, 7) is 3.00. The van der Waals surface area contributed by atoms with Gasteiger partial charge in [-0.3, -0.25) is 4.99 Å². The van der Waals surface area contributed by atoms with E-state index in [4.69, 9.17) is 0 Å². The van der Waals surface area contributed by atoms with E-state index in [1.165, 1.54) is 30.2 Å². The van der Waals surface area contributed by atoms with Gasteiger partial charge in [0, 0.05) is 18.3 Å². The van der Waals surface area contributed by atoms with Crippen LogP contribution in [0.4, 0.5) is 0 Å². The number of hydrogen-bond donors (Lipinski definition) is 1. The van der Waals surface area contributed by atoms with Gasteiger partial charge in [0.25, 0.3) is 0 Å². The third kappa shape index (κ3) is 1.60. The Hall–Kier alpha value is -0.180. The predicted molar refractivity (Wildman–Crippen MR) is 54.7 cm³/mol. The highest BCUT2D eigenvalue weighted by Gasteiger charge is 2.31. The highest BCUT2D eigenvalue weighted by Crippen LogP contribution is 2.32. The highest BCUT2D eigenvalue weighted by atomic mass is 32.2. The Labute approximate surface area is 78.2 Å². The number of fused-ring (bicyclic) bond motifs is 1. The Kier molecular flexibility index (Phi) is 2.59. The van der Waals surface area contributed by atoms with E-state index < -0.39 is 0 Å². The van der Waals surface area contributed by atoms with Crippen molar-refractivity contribution >= 4 is 16.9 Å². The van der Waals surface area contributed by atoms with Crippen molar-refractivity contribution in [1.82, 2.24) is 5.32 Å². The van der Waals surface area contributed by atoms with E-state index in [0.29, 0.717) is 0 Å². The van der Waals surface area contributed by atoms with Crippen molar-refractivity contribution in [3.05, 3.63) is 0 Å². The van der Waals surface area contributed by atoms with Crippen molar-refractivity contribution in [3.63, 3.8) is 0 Å². The Morgan fingerprint density at radius 2 is 2.50 bits per heavy atom. The Bertz CT molecular complexity index is 191. The Balaban J connectivity index is 1.96. The molecule has 2 rings (SSSR count). The van der Waals surface area contributed by atoms with Gasteiger partial charge < -0.3 is 5.32 Å². The van der Waals surface area contributed by atoms with E-state index in [-0.39, 0.29) is 0 Å². The summed E-state index contributed by atoms with van der Waals surface area (Å²) in [5.41, 5.74) is 0. The van der Waals surface area contributed by atoms with Crippen LogP contribution >= 0.6 is 11.8 Å². The van der Waals surface area contributed by atoms with Gasteiger partial charge in [-0.2, -0.15) is 0 Å². The van der Waals surface area contributed by atoms with E-state index in [0.717, 1.165) is 18.5 Å². The van der Waals surface area contributed by atoms with Crippen LogP contribution in [0.5, 0.6) is 0 Å². The second-order valence-corrected chi connectivity index (χ2v) is 4.54. The van der Waals surface area contributed by atoms with Crippen LogP contribution in [0.25, 0.3) is 0 Å². The third-order valence-electron chi connectivity index (χ3n) is 2.70. The maximum absolute atomic E-state index is 4.41. The van der Waals surface area contributed by atoms with Gasteiger partial charge in [-0.15, -0.1) is 0 Å². The molecule has 0 radical (unpaired) electrons. The molecule has 0 amide bonds. The SMILES string of the molecule is CCN=C1NC2CCCC2CS1. The van der Waals surface area contributed by atoms with Crippen LogP contribution < -0.4 is 5.32 Å². The second kappa shape index (κ2) is 3.69. The number of thioether (sulfide) groups is 1. The van der Waals surface area contributed by atoms with E-state index in [1.54, 1.807) is 0 Å². The minimum absolute atomic E-state index is 0.747. The van der Waals surface area contributed by atoms with Crippen LogP contribution in [-0.4, -0.2) is 23.5 Å². The van der Waals surface area contributed by atoms with Crippen LogP contribution in [0.1, 0.15) is 26.2 Å². The van der Waals surface area contributed by atoms with Gasteiger partial charge >= 0.3 is 0 Å². The second-order valence-electron chi connectivity index (χ2n) is 3.53. The molecule has 1 aliphatic carbocycles. The average molecular weight is 184 g/mol. The molecule has 1 heterocycles. The molecular weight excluding hydrogens is 168 g/mol. The molecule has 0 bridgehead atoms. The lowest BCUT2D eigenvalue weighted by Crippen LogP contribution is -2.41. The molecule has 1 saturated heterocycles. The largest absolute Gasteiger partial charge is 0.362 e. The molecule has 2 unspecified atom stereocenters. The minimum atomic E-state index is 0.747. The Morgan fingerprint density at radius 3 is 3.33 bits per heavy atom. The fourth-order valence-electron chi connectivity index (χ4n) is 2.05. The fraction of sp³-hybridized carbons (Fsp3) is 0.889. The number of aliphatic imine (C=N–C) groups is 1. The zero-order valence-corrected chi connectivity index (χ0v) is 8.36. The minimum Gasteiger partial charge on any atom is -0.362 e. The van der Waals surface area contributed by atoms with Crippen molar-refractivity contribution < 1.29 is 0 Å². The molecule has 1 aliphatic heterocycles. The summed E-state index contributed by atoms with van der Waals surface area (Å²) in [6, 6.07) is 0.747. The maximum atomic E-state index is 4.41. The highest BCUT2D eigenvalue weighted by molar-refractivity contribution is 8.13. The molecule has 1 saturated carbocycles. The molecule has 0 aromatic rings. The molecule has 0 aromatic carbocycles. The summed E-state index contributed by atoms with van der Waals surface area (Å²) in [6.07, 6.45) is 4.18. The molecule has 68 valence electrons. The van der Waals surface area contributed by atoms with Gasteiger partial charge in [-0.25, -0.2) is 0 Å². The average Bonchev–Trinajstić information content (AvgIpc) is 2.51. The molecule has 2 fully saturated rings. The molecule has 3 heteroatoms. The van der Waals surface area contributed by atoms with Crippen molar-refractivity contribution in [2.24, 2.45) is 10.9 Å². The summed E-state index contributed by atoms with van der Waals surface area (Å²) < 4.78 is 0. The van der Waals surface area contributed by atoms with E-state index in [1.807, 2.05) is 11.8 Å². The normalized spacial score (nSPS) is 37.9. The monoisotopic (exact) mass is 184 g/mol. The van der Waals surface area contributed by atoms with Gasteiger partial charge in [0.15, 0.2) is 5.17 Å². The summed E-state index contributed by atoms with van der Waals surface area (Å²) >= 11 is 1.90. The zero-order chi connectivity index (χ0) is 8.39. The lowest BCUT2D eigenvalue weighted by atomic mass is 10.1. The van der Waals surface area contributed by atoms with Crippen LogP contribution in [0, 0.1) is 5.92 Å².